The molecule has 5 nitrogen and oxygen atoms in total. The molecule has 1 aliphatic rings. The number of aryl methyl sites for hydroxylation is 1. The van der Waals surface area contributed by atoms with E-state index < -0.39 is 10.8 Å². The van der Waals surface area contributed by atoms with E-state index in [9.17, 15) is 9.00 Å². The monoisotopic (exact) mass is 303 g/mol. The lowest BCUT2D eigenvalue weighted by Gasteiger charge is -2.26. The van der Waals surface area contributed by atoms with Crippen molar-refractivity contribution >= 4 is 16.7 Å². The highest BCUT2D eigenvalue weighted by Crippen LogP contribution is 2.13. The number of benzene rings is 1. The molecule has 1 saturated heterocycles. The van der Waals surface area contributed by atoms with Crippen LogP contribution in [0.2, 0.25) is 0 Å². The molecule has 0 unspecified atom stereocenters. The maximum atomic E-state index is 12.4. The van der Waals surface area contributed by atoms with Crippen LogP contribution in [0.5, 0.6) is 0 Å². The van der Waals surface area contributed by atoms with Gasteiger partial charge >= 0.3 is 0 Å². The van der Waals surface area contributed by atoms with E-state index in [1.165, 1.54) is 0 Å². The van der Waals surface area contributed by atoms with Gasteiger partial charge in [0, 0.05) is 47.2 Å². The average molecular weight is 303 g/mol. The highest BCUT2D eigenvalue weighted by Gasteiger charge is 2.21. The molecule has 1 amide bonds. The molecule has 0 bridgehead atoms. The first-order chi connectivity index (χ1) is 10.1. The van der Waals surface area contributed by atoms with Crippen LogP contribution in [0, 0.1) is 6.92 Å². The summed E-state index contributed by atoms with van der Waals surface area (Å²) in [5.74, 6) is 1.17. The number of nitrogens with zero attached hydrogens (tertiary/aromatic N) is 3. The van der Waals surface area contributed by atoms with Crippen molar-refractivity contribution in [2.24, 2.45) is 0 Å². The van der Waals surface area contributed by atoms with Crippen molar-refractivity contribution in [2.75, 3.05) is 24.6 Å². The summed E-state index contributed by atoms with van der Waals surface area (Å²) in [6.07, 6.45) is 1.89. The van der Waals surface area contributed by atoms with Gasteiger partial charge in [-0.1, -0.05) is 0 Å². The summed E-state index contributed by atoms with van der Waals surface area (Å²) in [6, 6.07) is 9.36. The van der Waals surface area contributed by atoms with Crippen LogP contribution in [-0.4, -0.2) is 49.4 Å². The predicted molar refractivity (Wildman–Crippen MR) is 82.1 cm³/mol. The van der Waals surface area contributed by atoms with Crippen LogP contribution >= 0.6 is 0 Å². The summed E-state index contributed by atoms with van der Waals surface area (Å²) in [7, 11) is -0.766. The molecule has 1 aliphatic heterocycles. The molecule has 2 heterocycles. The van der Waals surface area contributed by atoms with Gasteiger partial charge in [-0.25, -0.2) is 4.68 Å². The maximum Gasteiger partial charge on any atom is 0.253 e. The molecular formula is C15H17N3O2S. The number of hydrogen-bond acceptors (Lipinski definition) is 3. The van der Waals surface area contributed by atoms with E-state index in [2.05, 4.69) is 5.10 Å². The molecule has 0 spiro atoms. The van der Waals surface area contributed by atoms with Gasteiger partial charge in [0.2, 0.25) is 0 Å². The maximum absolute atomic E-state index is 12.4. The first-order valence-electron chi connectivity index (χ1n) is 6.90. The fourth-order valence-corrected chi connectivity index (χ4v) is 3.39. The molecule has 1 fully saturated rings. The SMILES string of the molecule is Cc1ccn(-c2ccc(C(=O)N3CCS(=O)CC3)cc2)n1. The molecule has 110 valence electrons. The number of carbonyl (C=O) groups excluding carboxylic acids is 1. The van der Waals surface area contributed by atoms with Crippen LogP contribution in [0.15, 0.2) is 36.5 Å². The van der Waals surface area contributed by atoms with Crippen LogP contribution in [0.25, 0.3) is 5.69 Å². The number of rotatable bonds is 2. The van der Waals surface area contributed by atoms with Gasteiger partial charge in [0.1, 0.15) is 0 Å². The Morgan fingerprint density at radius 1 is 1.14 bits per heavy atom. The molecule has 0 saturated carbocycles. The Morgan fingerprint density at radius 3 is 2.38 bits per heavy atom. The Kier molecular flexibility index (Phi) is 3.88. The van der Waals surface area contributed by atoms with Crippen molar-refractivity contribution in [1.29, 1.82) is 0 Å². The zero-order valence-electron chi connectivity index (χ0n) is 11.9. The first-order valence-corrected chi connectivity index (χ1v) is 8.39. The minimum Gasteiger partial charge on any atom is -0.337 e. The molecular weight excluding hydrogens is 286 g/mol. The van der Waals surface area contributed by atoms with Gasteiger partial charge < -0.3 is 4.90 Å². The van der Waals surface area contributed by atoms with E-state index >= 15 is 0 Å². The van der Waals surface area contributed by atoms with Gasteiger partial charge in [0.25, 0.3) is 5.91 Å². The van der Waals surface area contributed by atoms with E-state index in [4.69, 9.17) is 0 Å². The zero-order chi connectivity index (χ0) is 14.8. The smallest absolute Gasteiger partial charge is 0.253 e. The summed E-state index contributed by atoms with van der Waals surface area (Å²) in [4.78, 5) is 14.1. The number of hydrogen-bond donors (Lipinski definition) is 0. The van der Waals surface area contributed by atoms with Crippen molar-refractivity contribution in [3.63, 3.8) is 0 Å². The topological polar surface area (TPSA) is 55.2 Å². The van der Waals surface area contributed by atoms with Crippen LogP contribution in [0.3, 0.4) is 0 Å². The van der Waals surface area contributed by atoms with Gasteiger partial charge in [-0.15, -0.1) is 0 Å². The Morgan fingerprint density at radius 2 is 1.81 bits per heavy atom. The summed E-state index contributed by atoms with van der Waals surface area (Å²) < 4.78 is 13.1. The largest absolute Gasteiger partial charge is 0.337 e. The molecule has 21 heavy (non-hydrogen) atoms. The van der Waals surface area contributed by atoms with Gasteiger partial charge in [0.05, 0.1) is 11.4 Å². The molecule has 0 aliphatic carbocycles. The Labute approximate surface area is 126 Å². The van der Waals surface area contributed by atoms with Gasteiger partial charge in [-0.3, -0.25) is 9.00 Å². The van der Waals surface area contributed by atoms with Crippen LogP contribution in [-0.2, 0) is 10.8 Å². The predicted octanol–water partition coefficient (Wildman–Crippen LogP) is 1.39. The fraction of sp³-hybridized carbons (Fsp3) is 0.333. The molecule has 2 aromatic rings. The molecule has 1 aromatic carbocycles. The van der Waals surface area contributed by atoms with Crippen molar-refractivity contribution in [3.05, 3.63) is 47.8 Å². The van der Waals surface area contributed by atoms with E-state index in [1.54, 1.807) is 9.58 Å². The van der Waals surface area contributed by atoms with Gasteiger partial charge in [-0.2, -0.15) is 5.10 Å². The van der Waals surface area contributed by atoms with Gasteiger partial charge in [0.15, 0.2) is 0 Å². The minimum absolute atomic E-state index is 0.00916. The number of amides is 1. The normalized spacial score (nSPS) is 16.1. The van der Waals surface area contributed by atoms with Crippen molar-refractivity contribution < 1.29 is 9.00 Å². The lowest BCUT2D eigenvalue weighted by molar-refractivity contribution is 0.0771. The first kappa shape index (κ1) is 14.0. The van der Waals surface area contributed by atoms with Crippen molar-refractivity contribution in [3.8, 4) is 5.69 Å². The Bertz CT molecular complexity index is 668. The summed E-state index contributed by atoms with van der Waals surface area (Å²) >= 11 is 0. The van der Waals surface area contributed by atoms with Crippen molar-refractivity contribution in [1.82, 2.24) is 14.7 Å². The van der Waals surface area contributed by atoms with Crippen molar-refractivity contribution in [2.45, 2.75) is 6.92 Å². The standard InChI is InChI=1S/C15H17N3O2S/c1-12-6-7-18(16-12)14-4-2-13(3-5-14)15(19)17-8-10-21(20)11-9-17/h2-7H,8-11H2,1H3. The van der Waals surface area contributed by atoms with Crippen LogP contribution in [0.1, 0.15) is 16.1 Å². The molecule has 0 radical (unpaired) electrons. The third kappa shape index (κ3) is 3.05. The molecule has 0 atom stereocenters. The third-order valence-electron chi connectivity index (χ3n) is 3.57. The summed E-state index contributed by atoms with van der Waals surface area (Å²) in [6.45, 7) is 3.09. The lowest BCUT2D eigenvalue weighted by Crippen LogP contribution is -2.41. The lowest BCUT2D eigenvalue weighted by atomic mass is 10.2. The van der Waals surface area contributed by atoms with E-state index in [-0.39, 0.29) is 5.91 Å². The minimum atomic E-state index is -0.766. The zero-order valence-corrected chi connectivity index (χ0v) is 12.7. The van der Waals surface area contributed by atoms with E-state index in [0.29, 0.717) is 30.2 Å². The number of aromatic nitrogens is 2. The third-order valence-corrected chi connectivity index (χ3v) is 4.84. The average Bonchev–Trinajstić information content (AvgIpc) is 2.94. The molecule has 0 N–H and O–H groups in total. The quantitative estimate of drug-likeness (QED) is 0.842. The molecule has 1 aromatic heterocycles. The summed E-state index contributed by atoms with van der Waals surface area (Å²) in [5.41, 5.74) is 2.55. The highest BCUT2D eigenvalue weighted by molar-refractivity contribution is 7.85. The van der Waals surface area contributed by atoms with E-state index in [0.717, 1.165) is 11.4 Å². The fourth-order valence-electron chi connectivity index (χ4n) is 2.34. The second-order valence-corrected chi connectivity index (χ2v) is 6.78. The molecule has 3 rings (SSSR count). The van der Waals surface area contributed by atoms with Gasteiger partial charge in [-0.05, 0) is 37.3 Å². The highest BCUT2D eigenvalue weighted by atomic mass is 32.2. The Hall–Kier alpha value is -1.95. The molecule has 6 heteroatoms. The van der Waals surface area contributed by atoms with Crippen LogP contribution < -0.4 is 0 Å². The summed E-state index contributed by atoms with van der Waals surface area (Å²) in [5, 5.41) is 4.34. The number of carbonyl (C=O) groups is 1. The second kappa shape index (κ2) is 5.81. The second-order valence-electron chi connectivity index (χ2n) is 5.09. The van der Waals surface area contributed by atoms with Crippen LogP contribution in [0.4, 0.5) is 0 Å². The Balaban J connectivity index is 1.74. The van der Waals surface area contributed by atoms with E-state index in [1.807, 2.05) is 43.5 Å².